The number of benzene rings is 1. The van der Waals surface area contributed by atoms with Crippen molar-refractivity contribution in [3.8, 4) is 0 Å². The first-order chi connectivity index (χ1) is 8.18. The van der Waals surface area contributed by atoms with Gasteiger partial charge in [0.05, 0.1) is 0 Å². The Morgan fingerprint density at radius 3 is 2.71 bits per heavy atom. The first kappa shape index (κ1) is 12.1. The molecular formula is C14H19NO2. The molecule has 2 unspecified atom stereocenters. The molecule has 1 aromatic carbocycles. The Hall–Kier alpha value is -1.35. The van der Waals surface area contributed by atoms with Gasteiger partial charge in [-0.3, -0.25) is 4.79 Å². The summed E-state index contributed by atoms with van der Waals surface area (Å²) < 4.78 is 0. The van der Waals surface area contributed by atoms with Crippen LogP contribution in [-0.4, -0.2) is 23.2 Å². The summed E-state index contributed by atoms with van der Waals surface area (Å²) in [5, 5.41) is 12.2. The largest absolute Gasteiger partial charge is 0.480 e. The second kappa shape index (κ2) is 5.32. The van der Waals surface area contributed by atoms with Crippen molar-refractivity contribution in [3.63, 3.8) is 0 Å². The molecule has 92 valence electrons. The molecule has 3 nitrogen and oxygen atoms in total. The molecule has 0 bridgehead atoms. The van der Waals surface area contributed by atoms with Crippen LogP contribution in [0.25, 0.3) is 0 Å². The van der Waals surface area contributed by atoms with Crippen molar-refractivity contribution in [2.45, 2.75) is 44.2 Å². The van der Waals surface area contributed by atoms with E-state index in [0.29, 0.717) is 12.0 Å². The average molecular weight is 233 g/mol. The Kier molecular flexibility index (Phi) is 3.79. The predicted octanol–water partition coefficient (Wildman–Crippen LogP) is 2.39. The zero-order valence-electron chi connectivity index (χ0n) is 10.1. The average Bonchev–Trinajstić information content (AvgIpc) is 2.78. The zero-order chi connectivity index (χ0) is 12.3. The topological polar surface area (TPSA) is 49.3 Å². The van der Waals surface area contributed by atoms with E-state index in [2.05, 4.69) is 17.4 Å². The molecule has 1 saturated carbocycles. The van der Waals surface area contributed by atoms with Crippen LogP contribution in [0.1, 0.15) is 37.7 Å². The summed E-state index contributed by atoms with van der Waals surface area (Å²) in [5.41, 5.74) is 1.32. The highest BCUT2D eigenvalue weighted by atomic mass is 16.4. The highest BCUT2D eigenvalue weighted by molar-refractivity contribution is 5.72. The second-order valence-electron chi connectivity index (χ2n) is 4.78. The molecule has 2 rings (SSSR count). The minimum Gasteiger partial charge on any atom is -0.480 e. The molecule has 0 spiro atoms. The van der Waals surface area contributed by atoms with Crippen LogP contribution in [-0.2, 0) is 4.79 Å². The molecule has 0 radical (unpaired) electrons. The lowest BCUT2D eigenvalue weighted by Gasteiger charge is -2.23. The molecule has 0 amide bonds. The number of aliphatic carboxylic acids is 1. The standard InChI is InChI=1S/C14H19NO2/c1-10(14(16)17)15-13-9-5-8-12(13)11-6-3-2-4-7-11/h2-4,6-7,10,12-13,15H,5,8-9H2,1H3,(H,16,17)/t10-,12?,13?/m0/s1. The Bertz CT molecular complexity index is 377. The number of carboxylic acids is 1. The Morgan fingerprint density at radius 2 is 2.06 bits per heavy atom. The predicted molar refractivity (Wildman–Crippen MR) is 67.1 cm³/mol. The van der Waals surface area contributed by atoms with Gasteiger partial charge in [-0.2, -0.15) is 0 Å². The number of carboxylic acid groups (broad SMARTS) is 1. The van der Waals surface area contributed by atoms with Crippen molar-refractivity contribution >= 4 is 5.97 Å². The number of carbonyl (C=O) groups is 1. The van der Waals surface area contributed by atoms with Gasteiger partial charge >= 0.3 is 5.97 Å². The fraction of sp³-hybridized carbons (Fsp3) is 0.500. The summed E-state index contributed by atoms with van der Waals surface area (Å²) in [6, 6.07) is 10.2. The van der Waals surface area contributed by atoms with Crippen LogP contribution in [0.5, 0.6) is 0 Å². The first-order valence-electron chi connectivity index (χ1n) is 6.22. The van der Waals surface area contributed by atoms with E-state index in [0.717, 1.165) is 12.8 Å². The molecule has 0 heterocycles. The number of rotatable bonds is 4. The highest BCUT2D eigenvalue weighted by Crippen LogP contribution is 2.34. The van der Waals surface area contributed by atoms with Crippen LogP contribution in [0.2, 0.25) is 0 Å². The monoisotopic (exact) mass is 233 g/mol. The van der Waals surface area contributed by atoms with Crippen molar-refractivity contribution in [1.82, 2.24) is 5.32 Å². The van der Waals surface area contributed by atoms with Gasteiger partial charge in [0.15, 0.2) is 0 Å². The van der Waals surface area contributed by atoms with Crippen LogP contribution < -0.4 is 5.32 Å². The van der Waals surface area contributed by atoms with Crippen molar-refractivity contribution < 1.29 is 9.90 Å². The van der Waals surface area contributed by atoms with E-state index < -0.39 is 12.0 Å². The number of hydrogen-bond donors (Lipinski definition) is 2. The van der Waals surface area contributed by atoms with Gasteiger partial charge in [-0.15, -0.1) is 0 Å². The van der Waals surface area contributed by atoms with Crippen LogP contribution in [0, 0.1) is 0 Å². The summed E-state index contributed by atoms with van der Waals surface area (Å²) in [6.45, 7) is 1.71. The van der Waals surface area contributed by atoms with Gasteiger partial charge in [0.25, 0.3) is 0 Å². The quantitative estimate of drug-likeness (QED) is 0.839. The molecule has 3 heteroatoms. The third-order valence-corrected chi connectivity index (χ3v) is 3.58. The van der Waals surface area contributed by atoms with Crippen molar-refractivity contribution in [2.75, 3.05) is 0 Å². The lowest BCUT2D eigenvalue weighted by molar-refractivity contribution is -0.139. The molecule has 2 N–H and O–H groups in total. The Morgan fingerprint density at radius 1 is 1.35 bits per heavy atom. The lowest BCUT2D eigenvalue weighted by atomic mass is 9.94. The first-order valence-corrected chi connectivity index (χ1v) is 6.22. The van der Waals surface area contributed by atoms with Gasteiger partial charge in [-0.1, -0.05) is 36.8 Å². The molecular weight excluding hydrogens is 214 g/mol. The smallest absolute Gasteiger partial charge is 0.320 e. The van der Waals surface area contributed by atoms with Crippen LogP contribution in [0.4, 0.5) is 0 Å². The minimum atomic E-state index is -0.774. The summed E-state index contributed by atoms with van der Waals surface area (Å²) in [6.07, 6.45) is 3.38. The summed E-state index contributed by atoms with van der Waals surface area (Å²) in [4.78, 5) is 10.9. The normalized spacial score (nSPS) is 25.7. The van der Waals surface area contributed by atoms with Gasteiger partial charge in [-0.25, -0.2) is 0 Å². The Labute approximate surface area is 102 Å². The molecule has 1 aliphatic rings. The van der Waals surface area contributed by atoms with Crippen molar-refractivity contribution in [3.05, 3.63) is 35.9 Å². The highest BCUT2D eigenvalue weighted by Gasteiger charge is 2.30. The van der Waals surface area contributed by atoms with Gasteiger partial charge in [0.1, 0.15) is 6.04 Å². The zero-order valence-corrected chi connectivity index (χ0v) is 10.1. The number of nitrogens with one attached hydrogen (secondary N) is 1. The fourth-order valence-corrected chi connectivity index (χ4v) is 2.65. The van der Waals surface area contributed by atoms with Crippen LogP contribution in [0.3, 0.4) is 0 Å². The van der Waals surface area contributed by atoms with Crippen LogP contribution in [0.15, 0.2) is 30.3 Å². The van der Waals surface area contributed by atoms with Gasteiger partial charge in [-0.05, 0) is 31.2 Å². The maximum absolute atomic E-state index is 10.9. The molecule has 0 aliphatic heterocycles. The minimum absolute atomic E-state index is 0.295. The van der Waals surface area contributed by atoms with E-state index in [1.165, 1.54) is 12.0 Å². The lowest BCUT2D eigenvalue weighted by Crippen LogP contribution is -2.42. The van der Waals surface area contributed by atoms with Gasteiger partial charge < -0.3 is 10.4 Å². The van der Waals surface area contributed by atoms with E-state index >= 15 is 0 Å². The molecule has 1 aliphatic carbocycles. The maximum Gasteiger partial charge on any atom is 0.320 e. The molecule has 1 aromatic rings. The molecule has 0 saturated heterocycles. The third kappa shape index (κ3) is 2.86. The SMILES string of the molecule is C[C@H](NC1CCCC1c1ccccc1)C(=O)O. The fourth-order valence-electron chi connectivity index (χ4n) is 2.65. The molecule has 3 atom stereocenters. The summed E-state index contributed by atoms with van der Waals surface area (Å²) >= 11 is 0. The maximum atomic E-state index is 10.9. The summed E-state index contributed by atoms with van der Waals surface area (Å²) in [5.74, 6) is -0.318. The molecule has 0 aromatic heterocycles. The second-order valence-corrected chi connectivity index (χ2v) is 4.78. The van der Waals surface area contributed by atoms with E-state index in [1.54, 1.807) is 6.92 Å². The van der Waals surface area contributed by atoms with Crippen molar-refractivity contribution in [2.24, 2.45) is 0 Å². The summed E-state index contributed by atoms with van der Waals surface area (Å²) in [7, 11) is 0. The van der Waals surface area contributed by atoms with E-state index in [1.807, 2.05) is 18.2 Å². The van der Waals surface area contributed by atoms with Gasteiger partial charge in [0.2, 0.25) is 0 Å². The van der Waals surface area contributed by atoms with Gasteiger partial charge in [0, 0.05) is 6.04 Å². The third-order valence-electron chi connectivity index (χ3n) is 3.58. The van der Waals surface area contributed by atoms with E-state index in [9.17, 15) is 4.79 Å². The number of hydrogen-bond acceptors (Lipinski definition) is 2. The molecule has 17 heavy (non-hydrogen) atoms. The molecule has 1 fully saturated rings. The van der Waals surface area contributed by atoms with E-state index in [4.69, 9.17) is 5.11 Å². The van der Waals surface area contributed by atoms with Crippen LogP contribution >= 0.6 is 0 Å². The van der Waals surface area contributed by atoms with Crippen molar-refractivity contribution in [1.29, 1.82) is 0 Å². The Balaban J connectivity index is 2.05. The van der Waals surface area contributed by atoms with E-state index in [-0.39, 0.29) is 0 Å².